The fourth-order valence-corrected chi connectivity index (χ4v) is 2.94. The van der Waals surface area contributed by atoms with Gasteiger partial charge in [0.25, 0.3) is 0 Å². The van der Waals surface area contributed by atoms with Gasteiger partial charge in [0.15, 0.2) is 5.75 Å². The van der Waals surface area contributed by atoms with Crippen LogP contribution in [0.4, 0.5) is 17.2 Å². The van der Waals surface area contributed by atoms with Gasteiger partial charge >= 0.3 is 11.6 Å². The van der Waals surface area contributed by atoms with Crippen molar-refractivity contribution in [3.05, 3.63) is 82.3 Å². The molecule has 0 spiro atoms. The van der Waals surface area contributed by atoms with Gasteiger partial charge in [0.05, 0.1) is 4.92 Å². The molecule has 4 rings (SSSR count). The highest BCUT2D eigenvalue weighted by Crippen LogP contribution is 2.37. The fraction of sp³-hybridized carbons (Fsp3) is 0.0952. The van der Waals surface area contributed by atoms with Crippen molar-refractivity contribution in [3.63, 3.8) is 0 Å². The second-order valence-corrected chi connectivity index (χ2v) is 6.46. The van der Waals surface area contributed by atoms with Gasteiger partial charge in [-0.3, -0.25) is 10.1 Å². The van der Waals surface area contributed by atoms with Crippen LogP contribution in [0.2, 0.25) is 0 Å². The van der Waals surface area contributed by atoms with Gasteiger partial charge in [-0.15, -0.1) is 0 Å². The molecular formula is C21H17N5O3. The van der Waals surface area contributed by atoms with Crippen LogP contribution in [0.3, 0.4) is 0 Å². The molecule has 0 fully saturated rings. The number of pyridine rings is 1. The number of hydrogen-bond donors (Lipinski definition) is 1. The molecule has 0 aliphatic rings. The van der Waals surface area contributed by atoms with Crippen molar-refractivity contribution in [2.24, 2.45) is 0 Å². The monoisotopic (exact) mass is 387 g/mol. The molecule has 0 saturated carbocycles. The molecule has 0 radical (unpaired) electrons. The number of aromatic nitrogens is 3. The first-order valence-electron chi connectivity index (χ1n) is 8.89. The SMILES string of the molecule is Cc1ccc2cccc(Oc3ncnc(Nc4ccccc4C)c3[N+](=O)[O-])c2n1. The van der Waals surface area contributed by atoms with Crippen LogP contribution >= 0.6 is 0 Å². The van der Waals surface area contributed by atoms with Crippen LogP contribution in [0.25, 0.3) is 10.9 Å². The lowest BCUT2D eigenvalue weighted by Crippen LogP contribution is -2.04. The Morgan fingerprint density at radius 1 is 1.00 bits per heavy atom. The molecule has 0 aliphatic heterocycles. The maximum atomic E-state index is 11.8. The van der Waals surface area contributed by atoms with Crippen LogP contribution in [0.15, 0.2) is 60.9 Å². The second-order valence-electron chi connectivity index (χ2n) is 6.46. The highest BCUT2D eigenvalue weighted by Gasteiger charge is 2.26. The van der Waals surface area contributed by atoms with Crippen LogP contribution in [-0.2, 0) is 0 Å². The van der Waals surface area contributed by atoms with E-state index in [1.807, 2.05) is 56.3 Å². The summed E-state index contributed by atoms with van der Waals surface area (Å²) in [6.45, 7) is 3.77. The Balaban J connectivity index is 1.78. The minimum absolute atomic E-state index is 0.0543. The Morgan fingerprint density at radius 3 is 2.62 bits per heavy atom. The molecule has 0 aliphatic carbocycles. The van der Waals surface area contributed by atoms with Gasteiger partial charge in [-0.2, -0.15) is 4.98 Å². The first kappa shape index (κ1) is 18.3. The molecule has 2 aromatic carbocycles. The van der Waals surface area contributed by atoms with Crippen molar-refractivity contribution >= 4 is 28.1 Å². The molecule has 0 bridgehead atoms. The number of anilines is 2. The predicted molar refractivity (Wildman–Crippen MR) is 110 cm³/mol. The molecule has 144 valence electrons. The topological polar surface area (TPSA) is 103 Å². The number of nitrogens with one attached hydrogen (secondary N) is 1. The van der Waals surface area contributed by atoms with E-state index in [0.717, 1.165) is 16.6 Å². The fourth-order valence-electron chi connectivity index (χ4n) is 2.94. The Hall–Kier alpha value is -4.07. The summed E-state index contributed by atoms with van der Waals surface area (Å²) in [5, 5.41) is 15.7. The van der Waals surface area contributed by atoms with Gasteiger partial charge in [0.2, 0.25) is 5.82 Å². The van der Waals surface area contributed by atoms with Crippen LogP contribution in [-0.4, -0.2) is 19.9 Å². The van der Waals surface area contributed by atoms with E-state index in [1.165, 1.54) is 6.33 Å². The zero-order valence-corrected chi connectivity index (χ0v) is 15.8. The van der Waals surface area contributed by atoms with Crippen molar-refractivity contribution in [1.82, 2.24) is 15.0 Å². The molecule has 2 aromatic heterocycles. The number of benzene rings is 2. The zero-order chi connectivity index (χ0) is 20.4. The van der Waals surface area contributed by atoms with E-state index in [2.05, 4.69) is 20.3 Å². The number of hydrogen-bond acceptors (Lipinski definition) is 7. The highest BCUT2D eigenvalue weighted by atomic mass is 16.6. The van der Waals surface area contributed by atoms with Crippen LogP contribution in [0.1, 0.15) is 11.3 Å². The standard InChI is InChI=1S/C21H17N5O3/c1-13-6-3-4-8-16(13)25-20-19(26(27)28)21(23-12-22-20)29-17-9-5-7-15-11-10-14(2)24-18(15)17/h3-12H,1-2H3,(H,22,23,25). The average molecular weight is 387 g/mol. The molecule has 4 aromatic rings. The number of aryl methyl sites for hydroxylation is 2. The van der Waals surface area contributed by atoms with Crippen molar-refractivity contribution in [3.8, 4) is 11.6 Å². The molecule has 0 unspecified atom stereocenters. The summed E-state index contributed by atoms with van der Waals surface area (Å²) in [7, 11) is 0. The maximum absolute atomic E-state index is 11.8. The van der Waals surface area contributed by atoms with Gasteiger partial charge < -0.3 is 10.1 Å². The lowest BCUT2D eigenvalue weighted by atomic mass is 10.2. The largest absolute Gasteiger partial charge is 0.431 e. The number of nitrogens with zero attached hydrogens (tertiary/aromatic N) is 4. The summed E-state index contributed by atoms with van der Waals surface area (Å²) in [5.74, 6) is 0.283. The van der Waals surface area contributed by atoms with Crippen molar-refractivity contribution in [2.45, 2.75) is 13.8 Å². The Labute approximate surface area is 166 Å². The summed E-state index contributed by atoms with van der Waals surface area (Å²) < 4.78 is 5.85. The molecule has 8 heteroatoms. The van der Waals surface area contributed by atoms with Gasteiger partial charge in [-0.1, -0.05) is 36.4 Å². The molecule has 0 saturated heterocycles. The quantitative estimate of drug-likeness (QED) is 0.376. The molecule has 0 atom stereocenters. The molecule has 0 amide bonds. The number of ether oxygens (including phenoxy) is 1. The van der Waals surface area contributed by atoms with Crippen molar-refractivity contribution in [1.29, 1.82) is 0 Å². The minimum Gasteiger partial charge on any atom is -0.431 e. The van der Waals surface area contributed by atoms with Crippen LogP contribution in [0, 0.1) is 24.0 Å². The Bertz CT molecular complexity index is 1230. The third-order valence-corrected chi connectivity index (χ3v) is 4.40. The van der Waals surface area contributed by atoms with E-state index in [-0.39, 0.29) is 17.4 Å². The van der Waals surface area contributed by atoms with Crippen LogP contribution in [0.5, 0.6) is 11.6 Å². The van der Waals surface area contributed by atoms with E-state index in [9.17, 15) is 10.1 Å². The van der Waals surface area contributed by atoms with E-state index in [4.69, 9.17) is 4.74 Å². The van der Waals surface area contributed by atoms with E-state index >= 15 is 0 Å². The summed E-state index contributed by atoms with van der Waals surface area (Å²) in [6.07, 6.45) is 1.23. The van der Waals surface area contributed by atoms with Crippen molar-refractivity contribution < 1.29 is 9.66 Å². The van der Waals surface area contributed by atoms with E-state index in [0.29, 0.717) is 17.0 Å². The summed E-state index contributed by atoms with van der Waals surface area (Å²) in [5.41, 5.74) is 2.71. The lowest BCUT2D eigenvalue weighted by molar-refractivity contribution is -0.385. The molecule has 8 nitrogen and oxygen atoms in total. The first-order valence-corrected chi connectivity index (χ1v) is 8.89. The normalized spacial score (nSPS) is 10.7. The summed E-state index contributed by atoms with van der Waals surface area (Å²) >= 11 is 0. The zero-order valence-electron chi connectivity index (χ0n) is 15.8. The smallest absolute Gasteiger partial charge is 0.373 e. The molecule has 29 heavy (non-hydrogen) atoms. The Morgan fingerprint density at radius 2 is 1.83 bits per heavy atom. The lowest BCUT2D eigenvalue weighted by Gasteiger charge is -2.11. The molecule has 1 N–H and O–H groups in total. The van der Waals surface area contributed by atoms with Gasteiger partial charge in [0.1, 0.15) is 11.8 Å². The maximum Gasteiger partial charge on any atom is 0.373 e. The van der Waals surface area contributed by atoms with Gasteiger partial charge in [0, 0.05) is 16.8 Å². The number of nitro groups is 1. The third-order valence-electron chi connectivity index (χ3n) is 4.40. The third kappa shape index (κ3) is 3.68. The van der Waals surface area contributed by atoms with E-state index in [1.54, 1.807) is 12.1 Å². The summed E-state index contributed by atoms with van der Waals surface area (Å²) in [4.78, 5) is 23.8. The Kier molecular flexibility index (Phi) is 4.74. The van der Waals surface area contributed by atoms with Crippen molar-refractivity contribution in [2.75, 3.05) is 5.32 Å². The second kappa shape index (κ2) is 7.51. The number of fused-ring (bicyclic) bond motifs is 1. The summed E-state index contributed by atoms with van der Waals surface area (Å²) in [6, 6.07) is 16.7. The van der Waals surface area contributed by atoms with Gasteiger partial charge in [-0.25, -0.2) is 9.97 Å². The van der Waals surface area contributed by atoms with Gasteiger partial charge in [-0.05, 0) is 37.6 Å². The van der Waals surface area contributed by atoms with Crippen LogP contribution < -0.4 is 10.1 Å². The first-order chi connectivity index (χ1) is 14.0. The predicted octanol–water partition coefficient (Wildman–Crippen LogP) is 5.09. The number of para-hydroxylation sites is 2. The molecular weight excluding hydrogens is 370 g/mol. The molecule has 2 heterocycles. The highest BCUT2D eigenvalue weighted by molar-refractivity contribution is 5.85. The number of rotatable bonds is 5. The minimum atomic E-state index is -0.556. The van der Waals surface area contributed by atoms with E-state index < -0.39 is 4.92 Å². The average Bonchev–Trinajstić information content (AvgIpc) is 2.70.